The molecule has 2 saturated heterocycles. The molecule has 0 bridgehead atoms. The molecule has 0 aromatic carbocycles. The summed E-state index contributed by atoms with van der Waals surface area (Å²) in [5.74, 6) is -1.22. The van der Waals surface area contributed by atoms with Crippen molar-refractivity contribution in [2.75, 3.05) is 0 Å². The smallest absolute Gasteiger partial charge is 0.327 e. The molecule has 0 aliphatic carbocycles. The van der Waals surface area contributed by atoms with Gasteiger partial charge in [0.15, 0.2) is 5.82 Å². The molecule has 1 unspecified atom stereocenters. The minimum absolute atomic E-state index is 0.0930. The molecule has 0 radical (unpaired) electrons. The van der Waals surface area contributed by atoms with Crippen LogP contribution >= 0.6 is 11.8 Å². The number of amides is 2. The number of nitrogens with zero attached hydrogens (tertiary/aromatic N) is 3. The van der Waals surface area contributed by atoms with Gasteiger partial charge in [0, 0.05) is 11.7 Å². The number of hydrogen-bond acceptors (Lipinski definition) is 7. The quantitative estimate of drug-likeness (QED) is 0.706. The number of β-lactam (4-membered cyclic amide) rings is 1. The van der Waals surface area contributed by atoms with Crippen LogP contribution in [0.15, 0.2) is 4.52 Å². The maximum Gasteiger partial charge on any atom is 0.327 e. The average Bonchev–Trinajstić information content (AvgIpc) is 2.95. The summed E-state index contributed by atoms with van der Waals surface area (Å²) in [6, 6.07) is -1.61. The molecular formula is C13H16N4O5S. The zero-order valence-corrected chi connectivity index (χ0v) is 13.6. The first-order valence-electron chi connectivity index (χ1n) is 7.02. The summed E-state index contributed by atoms with van der Waals surface area (Å²) in [7, 11) is 0. The Balaban J connectivity index is 1.66. The van der Waals surface area contributed by atoms with E-state index in [2.05, 4.69) is 15.5 Å². The van der Waals surface area contributed by atoms with E-state index < -0.39 is 28.7 Å². The van der Waals surface area contributed by atoms with E-state index in [1.54, 1.807) is 20.8 Å². The normalized spacial score (nSPS) is 28.2. The number of thioether (sulfide) groups is 1. The van der Waals surface area contributed by atoms with E-state index in [4.69, 9.17) is 4.52 Å². The first-order valence-corrected chi connectivity index (χ1v) is 7.90. The van der Waals surface area contributed by atoms with Gasteiger partial charge in [-0.1, -0.05) is 5.16 Å². The van der Waals surface area contributed by atoms with Gasteiger partial charge in [-0.15, -0.1) is 11.8 Å². The molecule has 23 heavy (non-hydrogen) atoms. The van der Waals surface area contributed by atoms with Crippen molar-refractivity contribution in [1.82, 2.24) is 20.4 Å². The largest absolute Gasteiger partial charge is 0.480 e. The van der Waals surface area contributed by atoms with Crippen molar-refractivity contribution in [3.05, 3.63) is 11.7 Å². The Kier molecular flexibility index (Phi) is 3.58. The van der Waals surface area contributed by atoms with Crippen molar-refractivity contribution in [1.29, 1.82) is 0 Å². The predicted octanol–water partition coefficient (Wildman–Crippen LogP) is -0.448. The van der Waals surface area contributed by atoms with Gasteiger partial charge in [0.2, 0.25) is 17.7 Å². The molecular weight excluding hydrogens is 324 g/mol. The molecule has 0 spiro atoms. The van der Waals surface area contributed by atoms with Crippen LogP contribution in [0.4, 0.5) is 0 Å². The van der Waals surface area contributed by atoms with E-state index in [1.165, 1.54) is 16.7 Å². The molecule has 0 saturated carbocycles. The molecule has 2 fully saturated rings. The maximum atomic E-state index is 12.2. The van der Waals surface area contributed by atoms with Gasteiger partial charge >= 0.3 is 5.97 Å². The average molecular weight is 340 g/mol. The second-order valence-electron chi connectivity index (χ2n) is 6.05. The number of rotatable bonds is 4. The van der Waals surface area contributed by atoms with E-state index in [1.807, 2.05) is 0 Å². The minimum Gasteiger partial charge on any atom is -0.480 e. The Morgan fingerprint density at radius 1 is 1.48 bits per heavy atom. The molecule has 3 atom stereocenters. The molecule has 2 aliphatic heterocycles. The number of carbonyl (C=O) groups excluding carboxylic acids is 2. The van der Waals surface area contributed by atoms with Gasteiger partial charge in [0.1, 0.15) is 17.5 Å². The Morgan fingerprint density at radius 2 is 2.17 bits per heavy atom. The molecule has 1 aromatic rings. The van der Waals surface area contributed by atoms with Crippen molar-refractivity contribution in [3.63, 3.8) is 0 Å². The van der Waals surface area contributed by atoms with E-state index >= 15 is 0 Å². The first-order chi connectivity index (χ1) is 10.7. The van der Waals surface area contributed by atoms with Crippen LogP contribution in [0.2, 0.25) is 0 Å². The van der Waals surface area contributed by atoms with Gasteiger partial charge in [0.25, 0.3) is 0 Å². The third-order valence-corrected chi connectivity index (χ3v) is 5.45. The Labute approximate surface area is 135 Å². The van der Waals surface area contributed by atoms with Gasteiger partial charge in [-0.3, -0.25) is 9.59 Å². The summed E-state index contributed by atoms with van der Waals surface area (Å²) in [5, 5.41) is 15.2. The van der Waals surface area contributed by atoms with Crippen LogP contribution in [0.25, 0.3) is 0 Å². The number of hydrogen-bond donors (Lipinski definition) is 2. The SMILES string of the molecule is Cc1nc(CC(=O)NC2C(=O)N3[C@@H]2SC(C)(C)[C@@H]3C(=O)O)no1. The summed E-state index contributed by atoms with van der Waals surface area (Å²) < 4.78 is 4.17. The van der Waals surface area contributed by atoms with Crippen molar-refractivity contribution in [3.8, 4) is 0 Å². The minimum atomic E-state index is -1.04. The van der Waals surface area contributed by atoms with Crippen LogP contribution in [-0.4, -0.2) is 60.1 Å². The van der Waals surface area contributed by atoms with Crippen molar-refractivity contribution in [2.45, 2.75) is 49.4 Å². The Hall–Kier alpha value is -2.10. The van der Waals surface area contributed by atoms with Gasteiger partial charge < -0.3 is 19.8 Å². The number of aliphatic carboxylic acids is 1. The van der Waals surface area contributed by atoms with Crippen molar-refractivity contribution < 1.29 is 24.0 Å². The summed E-state index contributed by atoms with van der Waals surface area (Å²) >= 11 is 1.38. The molecule has 1 aromatic heterocycles. The zero-order valence-electron chi connectivity index (χ0n) is 12.8. The number of carbonyl (C=O) groups is 3. The molecule has 9 nitrogen and oxygen atoms in total. The fraction of sp³-hybridized carbons (Fsp3) is 0.615. The lowest BCUT2D eigenvalue weighted by atomic mass is 9.96. The lowest BCUT2D eigenvalue weighted by Gasteiger charge is -2.43. The molecule has 124 valence electrons. The first kappa shape index (κ1) is 15.8. The second kappa shape index (κ2) is 5.22. The van der Waals surface area contributed by atoms with Crippen LogP contribution < -0.4 is 5.32 Å². The lowest BCUT2D eigenvalue weighted by molar-refractivity contribution is -0.161. The maximum absolute atomic E-state index is 12.2. The number of fused-ring (bicyclic) bond motifs is 1. The summed E-state index contributed by atoms with van der Waals surface area (Å²) in [4.78, 5) is 40.9. The third-order valence-electron chi connectivity index (χ3n) is 3.88. The summed E-state index contributed by atoms with van der Waals surface area (Å²) in [6.07, 6.45) is -0.0930. The van der Waals surface area contributed by atoms with Crippen molar-refractivity contribution in [2.24, 2.45) is 0 Å². The van der Waals surface area contributed by atoms with Crippen LogP contribution in [0.3, 0.4) is 0 Å². The molecule has 2 N–H and O–H groups in total. The zero-order chi connectivity index (χ0) is 16.9. The monoisotopic (exact) mass is 340 g/mol. The van der Waals surface area contributed by atoms with Gasteiger partial charge in [-0.2, -0.15) is 4.98 Å². The van der Waals surface area contributed by atoms with Crippen LogP contribution in [-0.2, 0) is 20.8 Å². The third kappa shape index (κ3) is 2.56. The Bertz CT molecular complexity index is 688. The van der Waals surface area contributed by atoms with Crippen molar-refractivity contribution >= 4 is 29.5 Å². The number of aryl methyl sites for hydroxylation is 1. The summed E-state index contributed by atoms with van der Waals surface area (Å²) in [5.41, 5.74) is 0. The molecule has 10 heteroatoms. The van der Waals surface area contributed by atoms with Crippen LogP contribution in [0.1, 0.15) is 25.6 Å². The van der Waals surface area contributed by atoms with E-state index in [0.29, 0.717) is 5.89 Å². The lowest BCUT2D eigenvalue weighted by Crippen LogP contribution is -2.70. The van der Waals surface area contributed by atoms with E-state index in [-0.39, 0.29) is 23.5 Å². The highest BCUT2D eigenvalue weighted by Crippen LogP contribution is 2.50. The number of carboxylic acid groups (broad SMARTS) is 1. The van der Waals surface area contributed by atoms with E-state index in [0.717, 1.165) is 0 Å². The summed E-state index contributed by atoms with van der Waals surface area (Å²) in [6.45, 7) is 5.18. The highest BCUT2D eigenvalue weighted by Gasteiger charge is 2.64. The van der Waals surface area contributed by atoms with Gasteiger partial charge in [-0.05, 0) is 13.8 Å². The van der Waals surface area contributed by atoms with Crippen LogP contribution in [0, 0.1) is 6.92 Å². The number of carboxylic acids is 1. The predicted molar refractivity (Wildman–Crippen MR) is 78.4 cm³/mol. The molecule has 2 amide bonds. The highest BCUT2D eigenvalue weighted by molar-refractivity contribution is 8.01. The Morgan fingerprint density at radius 3 is 2.74 bits per heavy atom. The number of nitrogens with one attached hydrogen (secondary N) is 1. The molecule has 3 heterocycles. The standard InChI is InChI=1S/C13H16N4O5S/c1-5-14-6(16-22-5)4-7(18)15-8-10(19)17-9(12(20)21)13(2,3)23-11(8)17/h8-9,11H,4H2,1-3H3,(H,15,18)(H,20,21)/t8?,9-,11+/m0/s1. The van der Waals surface area contributed by atoms with Crippen LogP contribution in [0.5, 0.6) is 0 Å². The van der Waals surface area contributed by atoms with E-state index in [9.17, 15) is 19.5 Å². The molecule has 2 aliphatic rings. The van der Waals surface area contributed by atoms with Gasteiger partial charge in [-0.25, -0.2) is 4.79 Å². The fourth-order valence-electron chi connectivity index (χ4n) is 2.93. The topological polar surface area (TPSA) is 126 Å². The van der Waals surface area contributed by atoms with Gasteiger partial charge in [0.05, 0.1) is 6.42 Å². The number of aromatic nitrogens is 2. The highest BCUT2D eigenvalue weighted by atomic mass is 32.2. The fourth-order valence-corrected chi connectivity index (χ4v) is 4.55. The molecule has 3 rings (SSSR count). The second-order valence-corrected chi connectivity index (χ2v) is 7.82.